The smallest absolute Gasteiger partial charge is 0.412 e. The zero-order valence-corrected chi connectivity index (χ0v) is 16.9. The molecule has 2 aromatic rings. The van der Waals surface area contributed by atoms with Gasteiger partial charge in [-0.1, -0.05) is 32.9 Å². The van der Waals surface area contributed by atoms with Crippen LogP contribution in [-0.2, 0) is 4.79 Å². The molecule has 2 unspecified atom stereocenters. The minimum Gasteiger partial charge on any atom is -0.497 e. The highest BCUT2D eigenvalue weighted by molar-refractivity contribution is 5.94. The number of hydrogen-bond acceptors (Lipinski definition) is 5. The van der Waals surface area contributed by atoms with Crippen molar-refractivity contribution in [2.75, 3.05) is 12.0 Å². The Labute approximate surface area is 163 Å². The minimum atomic E-state index is -1.34. The molecule has 150 valence electrons. The van der Waals surface area contributed by atoms with Crippen molar-refractivity contribution >= 4 is 17.6 Å². The Kier molecular flexibility index (Phi) is 5.77. The predicted octanol–water partition coefficient (Wildman–Crippen LogP) is 2.93. The third kappa shape index (κ3) is 3.69. The lowest BCUT2D eigenvalue weighted by Crippen LogP contribution is -2.53. The number of ketones is 1. The van der Waals surface area contributed by atoms with Crippen molar-refractivity contribution in [1.82, 2.24) is 0 Å². The van der Waals surface area contributed by atoms with Crippen LogP contribution >= 0.6 is 0 Å². The maximum atomic E-state index is 12.4. The van der Waals surface area contributed by atoms with Crippen LogP contribution in [0.25, 0.3) is 0 Å². The molecule has 0 bridgehead atoms. The van der Waals surface area contributed by atoms with Crippen LogP contribution in [0, 0.1) is 5.41 Å². The fraction of sp³-hybridized carbons (Fsp3) is 0.429. The Morgan fingerprint density at radius 2 is 1.61 bits per heavy atom. The number of anilines is 1. The number of ether oxygens (including phenoxy) is 1. The van der Waals surface area contributed by atoms with Crippen LogP contribution in [0.4, 0.5) is 10.5 Å². The zero-order chi connectivity index (χ0) is 21.4. The number of carbonyl (C=O) groups excluding carboxylic acids is 1. The fourth-order valence-corrected chi connectivity index (χ4v) is 3.15. The first kappa shape index (κ1) is 21.3. The number of rotatable bonds is 6. The summed E-state index contributed by atoms with van der Waals surface area (Å²) in [6.07, 6.45) is -1.34. The number of nitrogens with zero attached hydrogens (tertiary/aromatic N) is 1. The second kappa shape index (κ2) is 7.58. The normalized spacial score (nSPS) is 13.8. The predicted molar refractivity (Wildman–Crippen MR) is 106 cm³/mol. The lowest BCUT2D eigenvalue weighted by molar-refractivity contribution is -0.117. The molecule has 0 aliphatic rings. The van der Waals surface area contributed by atoms with E-state index in [4.69, 9.17) is 4.74 Å². The SMILES string of the molecule is COc1ccc(C(C(C)=O)c2c(N(C(=O)O)C(C)C(C)(C)C)c(=O)c2=O)cc1. The second-order valence-corrected chi connectivity index (χ2v) is 7.93. The third-order valence-corrected chi connectivity index (χ3v) is 5.15. The summed E-state index contributed by atoms with van der Waals surface area (Å²) in [6, 6.07) is 5.95. The number of methoxy groups -OCH3 is 1. The summed E-state index contributed by atoms with van der Waals surface area (Å²) in [6.45, 7) is 8.50. The first-order valence-electron chi connectivity index (χ1n) is 8.91. The van der Waals surface area contributed by atoms with Gasteiger partial charge in [-0.25, -0.2) is 4.79 Å². The number of carboxylic acid groups (broad SMARTS) is 1. The second-order valence-electron chi connectivity index (χ2n) is 7.93. The summed E-state index contributed by atoms with van der Waals surface area (Å²) < 4.78 is 5.10. The van der Waals surface area contributed by atoms with Gasteiger partial charge in [-0.05, 0) is 37.0 Å². The summed E-state index contributed by atoms with van der Waals surface area (Å²) in [7, 11) is 1.50. The van der Waals surface area contributed by atoms with E-state index in [9.17, 15) is 24.3 Å². The maximum Gasteiger partial charge on any atom is 0.412 e. The number of hydrogen-bond donors (Lipinski definition) is 1. The monoisotopic (exact) mass is 387 g/mol. The Morgan fingerprint density at radius 3 is 2.00 bits per heavy atom. The van der Waals surface area contributed by atoms with E-state index in [-0.39, 0.29) is 17.0 Å². The average molecular weight is 387 g/mol. The molecule has 0 saturated carbocycles. The molecule has 1 amide bonds. The number of benzene rings is 1. The molecule has 2 atom stereocenters. The van der Waals surface area contributed by atoms with Crippen molar-refractivity contribution in [3.63, 3.8) is 0 Å². The Balaban J connectivity index is 2.66. The molecule has 1 N–H and O–H groups in total. The molecule has 0 spiro atoms. The van der Waals surface area contributed by atoms with Gasteiger partial charge in [-0.3, -0.25) is 19.3 Å². The Bertz CT molecular complexity index is 960. The summed E-state index contributed by atoms with van der Waals surface area (Å²) >= 11 is 0. The summed E-state index contributed by atoms with van der Waals surface area (Å²) in [4.78, 5) is 50.0. The van der Waals surface area contributed by atoms with Crippen LogP contribution in [0.3, 0.4) is 0 Å². The minimum absolute atomic E-state index is 0.0684. The standard InChI is InChI=1S/C21H25NO6/c1-11(23)15(13-7-9-14(28-6)10-8-13)16-17(19(25)18(16)24)22(20(26)27)12(2)21(3,4)5/h7-10,12,15H,1-6H3,(H,26,27). The zero-order valence-electron chi connectivity index (χ0n) is 16.9. The van der Waals surface area contributed by atoms with E-state index in [1.165, 1.54) is 14.0 Å². The van der Waals surface area contributed by atoms with Crippen molar-refractivity contribution in [2.24, 2.45) is 5.41 Å². The highest BCUT2D eigenvalue weighted by Gasteiger charge is 2.41. The number of Topliss-reactive ketones (excluding diaryl/α,β-unsaturated/α-hetero) is 1. The Morgan fingerprint density at radius 1 is 1.07 bits per heavy atom. The number of amides is 1. The Hall–Kier alpha value is -2.96. The van der Waals surface area contributed by atoms with Crippen LogP contribution in [-0.4, -0.2) is 30.1 Å². The molecule has 0 aromatic heterocycles. The summed E-state index contributed by atoms with van der Waals surface area (Å²) in [5, 5.41) is 9.75. The van der Waals surface area contributed by atoms with E-state index >= 15 is 0 Å². The van der Waals surface area contributed by atoms with Crippen molar-refractivity contribution in [1.29, 1.82) is 0 Å². The highest BCUT2D eigenvalue weighted by atomic mass is 16.5. The molecule has 0 aliphatic heterocycles. The van der Waals surface area contributed by atoms with E-state index in [2.05, 4.69) is 0 Å². The molecule has 28 heavy (non-hydrogen) atoms. The van der Waals surface area contributed by atoms with E-state index in [1.807, 2.05) is 20.8 Å². The number of carbonyl (C=O) groups is 2. The molecular formula is C21H25NO6. The van der Waals surface area contributed by atoms with Gasteiger partial charge in [0.1, 0.15) is 17.2 Å². The highest BCUT2D eigenvalue weighted by Crippen LogP contribution is 2.35. The third-order valence-electron chi connectivity index (χ3n) is 5.15. The molecule has 0 radical (unpaired) electrons. The summed E-state index contributed by atoms with van der Waals surface area (Å²) in [5.74, 6) is -0.794. The molecule has 2 rings (SSSR count). The van der Waals surface area contributed by atoms with Crippen LogP contribution in [0.5, 0.6) is 5.75 Å². The largest absolute Gasteiger partial charge is 0.497 e. The van der Waals surface area contributed by atoms with Gasteiger partial charge in [0.2, 0.25) is 10.9 Å². The topological polar surface area (TPSA) is 101 Å². The molecule has 0 heterocycles. The van der Waals surface area contributed by atoms with E-state index in [1.54, 1.807) is 31.2 Å². The molecule has 7 heteroatoms. The van der Waals surface area contributed by atoms with Crippen LogP contribution in [0.2, 0.25) is 0 Å². The van der Waals surface area contributed by atoms with Crippen molar-refractivity contribution in [3.8, 4) is 5.75 Å². The fourth-order valence-electron chi connectivity index (χ4n) is 3.15. The first-order chi connectivity index (χ1) is 12.9. The summed E-state index contributed by atoms with van der Waals surface area (Å²) in [5.41, 5.74) is -1.97. The van der Waals surface area contributed by atoms with Crippen molar-refractivity contribution in [2.45, 2.75) is 46.6 Å². The molecule has 7 nitrogen and oxygen atoms in total. The molecule has 0 saturated heterocycles. The molecule has 2 aromatic carbocycles. The van der Waals surface area contributed by atoms with Crippen LogP contribution in [0.15, 0.2) is 33.9 Å². The van der Waals surface area contributed by atoms with E-state index in [0.717, 1.165) is 4.90 Å². The van der Waals surface area contributed by atoms with Crippen molar-refractivity contribution in [3.05, 3.63) is 55.8 Å². The van der Waals surface area contributed by atoms with Gasteiger partial charge in [-0.15, -0.1) is 0 Å². The lowest BCUT2D eigenvalue weighted by atomic mass is 9.82. The van der Waals surface area contributed by atoms with Crippen molar-refractivity contribution < 1.29 is 19.4 Å². The van der Waals surface area contributed by atoms with E-state index in [0.29, 0.717) is 11.3 Å². The quantitative estimate of drug-likeness (QED) is 0.765. The van der Waals surface area contributed by atoms with Gasteiger partial charge in [0.25, 0.3) is 0 Å². The van der Waals surface area contributed by atoms with Gasteiger partial charge >= 0.3 is 6.09 Å². The lowest BCUT2D eigenvalue weighted by Gasteiger charge is -2.37. The van der Waals surface area contributed by atoms with Gasteiger partial charge in [0.15, 0.2) is 0 Å². The van der Waals surface area contributed by atoms with Gasteiger partial charge in [0.05, 0.1) is 13.0 Å². The maximum absolute atomic E-state index is 12.4. The molecule has 0 aliphatic carbocycles. The van der Waals surface area contributed by atoms with E-state index < -0.39 is 34.3 Å². The van der Waals surface area contributed by atoms with Gasteiger partial charge < -0.3 is 9.84 Å². The van der Waals surface area contributed by atoms with Gasteiger partial charge in [-0.2, -0.15) is 0 Å². The first-order valence-corrected chi connectivity index (χ1v) is 8.91. The molecular weight excluding hydrogens is 362 g/mol. The van der Waals surface area contributed by atoms with Crippen LogP contribution in [0.1, 0.15) is 51.7 Å². The van der Waals surface area contributed by atoms with Crippen LogP contribution < -0.4 is 20.5 Å². The molecule has 0 fully saturated rings. The van der Waals surface area contributed by atoms with Gasteiger partial charge in [0, 0.05) is 11.6 Å². The average Bonchev–Trinajstić information content (AvgIpc) is 2.62.